The lowest BCUT2D eigenvalue weighted by atomic mass is 10.1. The van der Waals surface area contributed by atoms with Gasteiger partial charge >= 0.3 is 0 Å². The van der Waals surface area contributed by atoms with E-state index in [0.29, 0.717) is 0 Å². The number of halogens is 3. The molecule has 0 heterocycles. The fraction of sp³-hybridized carbons (Fsp3) is 0.310. The van der Waals surface area contributed by atoms with Crippen molar-refractivity contribution in [3.8, 4) is 0 Å². The number of amides is 2. The Morgan fingerprint density at radius 1 is 0.975 bits per heavy atom. The number of benzene rings is 3. The number of hydrogen-bond donors (Lipinski definition) is 1. The minimum atomic E-state index is -4.22. The van der Waals surface area contributed by atoms with E-state index in [2.05, 4.69) is 21.2 Å². The lowest BCUT2D eigenvalue weighted by Crippen LogP contribution is -2.52. The van der Waals surface area contributed by atoms with Crippen molar-refractivity contribution < 1.29 is 18.0 Å². The second kappa shape index (κ2) is 13.9. The highest BCUT2D eigenvalue weighted by Crippen LogP contribution is 2.30. The predicted molar refractivity (Wildman–Crippen MR) is 164 cm³/mol. The number of rotatable bonds is 11. The maximum atomic E-state index is 14.0. The molecule has 0 spiro atoms. The van der Waals surface area contributed by atoms with Crippen molar-refractivity contribution in [3.05, 3.63) is 92.4 Å². The van der Waals surface area contributed by atoms with Crippen LogP contribution in [-0.2, 0) is 26.2 Å². The number of carbonyl (C=O) groups excluding carboxylic acids is 2. The summed E-state index contributed by atoms with van der Waals surface area (Å²) in [5.41, 5.74) is 1.78. The molecule has 2 atom stereocenters. The van der Waals surface area contributed by atoms with Gasteiger partial charge in [-0.1, -0.05) is 75.9 Å². The molecule has 0 aliphatic heterocycles. The average molecular weight is 669 g/mol. The molecule has 3 aromatic rings. The Kier molecular flexibility index (Phi) is 11.1. The van der Waals surface area contributed by atoms with Crippen molar-refractivity contribution in [1.29, 1.82) is 0 Å². The number of hydrogen-bond acceptors (Lipinski definition) is 4. The molecule has 7 nitrogen and oxygen atoms in total. The highest BCUT2D eigenvalue weighted by molar-refractivity contribution is 9.10. The van der Waals surface area contributed by atoms with Crippen LogP contribution in [0.15, 0.2) is 76.1 Å². The van der Waals surface area contributed by atoms with Crippen LogP contribution >= 0.6 is 39.1 Å². The van der Waals surface area contributed by atoms with Crippen LogP contribution in [0.25, 0.3) is 0 Å². The first-order valence-electron chi connectivity index (χ1n) is 12.7. The Morgan fingerprint density at radius 3 is 2.17 bits per heavy atom. The van der Waals surface area contributed by atoms with E-state index in [0.717, 1.165) is 26.3 Å². The van der Waals surface area contributed by atoms with Crippen LogP contribution in [0, 0.1) is 6.92 Å². The molecule has 0 aliphatic carbocycles. The van der Waals surface area contributed by atoms with Crippen LogP contribution in [0.3, 0.4) is 0 Å². The summed E-state index contributed by atoms with van der Waals surface area (Å²) in [7, 11) is -4.22. The van der Waals surface area contributed by atoms with Gasteiger partial charge in [-0.2, -0.15) is 0 Å². The molecular weight excluding hydrogens is 637 g/mol. The molecule has 0 saturated carbocycles. The minimum absolute atomic E-state index is 0.00287. The van der Waals surface area contributed by atoms with Gasteiger partial charge in [0.2, 0.25) is 11.8 Å². The number of anilines is 1. The topological polar surface area (TPSA) is 86.8 Å². The predicted octanol–water partition coefficient (Wildman–Crippen LogP) is 6.59. The fourth-order valence-electron chi connectivity index (χ4n) is 3.93. The van der Waals surface area contributed by atoms with E-state index < -0.39 is 28.5 Å². The first kappa shape index (κ1) is 31.9. The maximum Gasteiger partial charge on any atom is 0.264 e. The Morgan fingerprint density at radius 2 is 1.60 bits per heavy atom. The van der Waals surface area contributed by atoms with E-state index in [1.807, 2.05) is 45.0 Å². The smallest absolute Gasteiger partial charge is 0.264 e. The van der Waals surface area contributed by atoms with E-state index in [-0.39, 0.29) is 39.1 Å². The molecule has 3 aromatic carbocycles. The molecule has 3 rings (SSSR count). The summed E-state index contributed by atoms with van der Waals surface area (Å²) in [4.78, 5) is 28.5. The molecule has 2 amide bonds. The van der Waals surface area contributed by atoms with Crippen LogP contribution in [-0.4, -0.2) is 43.8 Å². The number of aryl methyl sites for hydroxylation is 1. The van der Waals surface area contributed by atoms with Crippen LogP contribution in [0.4, 0.5) is 5.69 Å². The molecule has 11 heteroatoms. The number of sulfonamides is 1. The first-order valence-corrected chi connectivity index (χ1v) is 15.7. The first-order chi connectivity index (χ1) is 18.8. The summed E-state index contributed by atoms with van der Waals surface area (Å²) in [6, 6.07) is 17.1. The molecule has 1 N–H and O–H groups in total. The third kappa shape index (κ3) is 8.22. The van der Waals surface area contributed by atoms with Gasteiger partial charge in [0.1, 0.15) is 12.6 Å². The number of nitrogens with one attached hydrogen (secondary N) is 1. The van der Waals surface area contributed by atoms with Crippen LogP contribution < -0.4 is 9.62 Å². The van der Waals surface area contributed by atoms with E-state index in [1.165, 1.54) is 35.2 Å². The highest BCUT2D eigenvalue weighted by Gasteiger charge is 2.33. The van der Waals surface area contributed by atoms with Crippen LogP contribution in [0.5, 0.6) is 0 Å². The summed E-state index contributed by atoms with van der Waals surface area (Å²) < 4.78 is 29.6. The molecule has 0 unspecified atom stereocenters. The molecule has 214 valence electrons. The van der Waals surface area contributed by atoms with Crippen molar-refractivity contribution in [2.75, 3.05) is 10.8 Å². The standard InChI is InChI=1S/C29H32BrCl2N3O4S/c1-5-20(3)33-29(37)21(4)34(17-22-7-6-8-23(30)13-22)28(36)18-35(26-15-24(31)14-25(32)16-26)40(38,39)27-11-9-19(2)10-12-27/h6-16,20-21H,5,17-18H2,1-4H3,(H,33,37)/t20-,21+/m0/s1. The summed E-state index contributed by atoms with van der Waals surface area (Å²) >= 11 is 15.9. The Hall–Kier alpha value is -2.59. The molecule has 0 aliphatic rings. The zero-order chi connectivity index (χ0) is 29.6. The van der Waals surface area contributed by atoms with Gasteiger partial charge in [-0.15, -0.1) is 0 Å². The van der Waals surface area contributed by atoms with Crippen molar-refractivity contribution >= 4 is 66.7 Å². The quantitative estimate of drug-likeness (QED) is 0.250. The van der Waals surface area contributed by atoms with E-state index >= 15 is 0 Å². The highest BCUT2D eigenvalue weighted by atomic mass is 79.9. The maximum absolute atomic E-state index is 14.0. The molecule has 0 radical (unpaired) electrons. The van der Waals surface area contributed by atoms with Crippen LogP contribution in [0.1, 0.15) is 38.3 Å². The minimum Gasteiger partial charge on any atom is -0.352 e. The van der Waals surface area contributed by atoms with Crippen molar-refractivity contribution in [2.24, 2.45) is 0 Å². The van der Waals surface area contributed by atoms with Crippen molar-refractivity contribution in [1.82, 2.24) is 10.2 Å². The summed E-state index contributed by atoms with van der Waals surface area (Å²) in [6.07, 6.45) is 0.718. The molecule has 0 aromatic heterocycles. The van der Waals surface area contributed by atoms with Crippen LogP contribution in [0.2, 0.25) is 10.0 Å². The summed E-state index contributed by atoms with van der Waals surface area (Å²) in [6.45, 7) is 6.81. The second-order valence-electron chi connectivity index (χ2n) is 9.60. The van der Waals surface area contributed by atoms with Gasteiger partial charge < -0.3 is 10.2 Å². The van der Waals surface area contributed by atoms with Gasteiger partial charge in [0.05, 0.1) is 10.6 Å². The average Bonchev–Trinajstić information content (AvgIpc) is 2.89. The van der Waals surface area contributed by atoms with Gasteiger partial charge in [0, 0.05) is 27.1 Å². The monoisotopic (exact) mass is 667 g/mol. The SMILES string of the molecule is CC[C@H](C)NC(=O)[C@@H](C)N(Cc1cccc(Br)c1)C(=O)CN(c1cc(Cl)cc(Cl)c1)S(=O)(=O)c1ccc(C)cc1. The molecular formula is C29H32BrCl2N3O4S. The number of nitrogens with zero attached hydrogens (tertiary/aromatic N) is 2. The second-order valence-corrected chi connectivity index (χ2v) is 13.2. The fourth-order valence-corrected chi connectivity index (χ4v) is 6.29. The Labute approximate surface area is 254 Å². The number of carbonyl (C=O) groups is 2. The lowest BCUT2D eigenvalue weighted by Gasteiger charge is -2.32. The third-order valence-corrected chi connectivity index (χ3v) is 9.15. The van der Waals surface area contributed by atoms with E-state index in [4.69, 9.17) is 23.2 Å². The Bertz CT molecular complexity index is 1450. The van der Waals surface area contributed by atoms with Gasteiger partial charge in [-0.25, -0.2) is 8.42 Å². The van der Waals surface area contributed by atoms with E-state index in [9.17, 15) is 18.0 Å². The van der Waals surface area contributed by atoms with Gasteiger partial charge in [0.25, 0.3) is 10.0 Å². The zero-order valence-electron chi connectivity index (χ0n) is 22.7. The van der Waals surface area contributed by atoms with Gasteiger partial charge in [-0.3, -0.25) is 13.9 Å². The van der Waals surface area contributed by atoms with Crippen molar-refractivity contribution in [3.63, 3.8) is 0 Å². The molecule has 40 heavy (non-hydrogen) atoms. The third-order valence-electron chi connectivity index (χ3n) is 6.43. The largest absolute Gasteiger partial charge is 0.352 e. The van der Waals surface area contributed by atoms with Gasteiger partial charge in [0.15, 0.2) is 0 Å². The Balaban J connectivity index is 2.06. The summed E-state index contributed by atoms with van der Waals surface area (Å²) in [5, 5.41) is 3.34. The summed E-state index contributed by atoms with van der Waals surface area (Å²) in [5.74, 6) is -0.907. The van der Waals surface area contributed by atoms with E-state index in [1.54, 1.807) is 19.1 Å². The molecule has 0 bridgehead atoms. The normalized spacial score (nSPS) is 12.9. The molecule has 0 saturated heterocycles. The molecule has 0 fully saturated rings. The van der Waals surface area contributed by atoms with Gasteiger partial charge in [-0.05, 0) is 75.2 Å². The lowest BCUT2D eigenvalue weighted by molar-refractivity contribution is -0.139. The van der Waals surface area contributed by atoms with Crippen molar-refractivity contribution in [2.45, 2.75) is 57.6 Å². The zero-order valence-corrected chi connectivity index (χ0v) is 26.6.